The van der Waals surface area contributed by atoms with Gasteiger partial charge in [0.05, 0.1) is 0 Å². The summed E-state index contributed by atoms with van der Waals surface area (Å²) < 4.78 is 0. The van der Waals surface area contributed by atoms with Gasteiger partial charge in [0.1, 0.15) is 0 Å². The van der Waals surface area contributed by atoms with Crippen LogP contribution in [-0.2, 0) is 0 Å². The summed E-state index contributed by atoms with van der Waals surface area (Å²) in [4.78, 5) is 0. The van der Waals surface area contributed by atoms with Gasteiger partial charge in [-0.1, -0.05) is 74.5 Å². The lowest BCUT2D eigenvalue weighted by molar-refractivity contribution is 0.534. The van der Waals surface area contributed by atoms with Crippen molar-refractivity contribution in [1.29, 1.82) is 0 Å². The Labute approximate surface area is 117 Å². The minimum atomic E-state index is -0.348. The molecule has 0 aromatic heterocycles. The van der Waals surface area contributed by atoms with Crippen LogP contribution in [0.5, 0.6) is 0 Å². The largest absolute Gasteiger partial charge is 0.327 e. The fourth-order valence-corrected chi connectivity index (χ4v) is 4.62. The molecule has 0 aliphatic carbocycles. The van der Waals surface area contributed by atoms with E-state index in [0.717, 1.165) is 6.16 Å². The fourth-order valence-electron chi connectivity index (χ4n) is 2.00. The molecule has 1 nitrogen and oxygen atoms in total. The molecule has 19 heavy (non-hydrogen) atoms. The average molecular weight is 271 g/mol. The van der Waals surface area contributed by atoms with Crippen molar-refractivity contribution in [2.24, 2.45) is 11.7 Å². The van der Waals surface area contributed by atoms with E-state index >= 15 is 0 Å². The van der Waals surface area contributed by atoms with Crippen molar-refractivity contribution < 1.29 is 0 Å². The third-order valence-electron chi connectivity index (χ3n) is 3.39. The third kappa shape index (κ3) is 3.89. The normalized spacial score (nSPS) is 12.9. The smallest absolute Gasteiger partial charge is 0.0107 e. The molecule has 0 aliphatic rings. The van der Waals surface area contributed by atoms with Gasteiger partial charge >= 0.3 is 0 Å². The van der Waals surface area contributed by atoms with Crippen molar-refractivity contribution >= 4 is 18.5 Å². The van der Waals surface area contributed by atoms with Crippen LogP contribution in [0.25, 0.3) is 0 Å². The van der Waals surface area contributed by atoms with Crippen LogP contribution in [0.3, 0.4) is 0 Å². The second kappa shape index (κ2) is 6.84. The van der Waals surface area contributed by atoms with Crippen LogP contribution in [0.2, 0.25) is 0 Å². The van der Waals surface area contributed by atoms with Crippen LogP contribution in [0, 0.1) is 5.92 Å². The van der Waals surface area contributed by atoms with Crippen molar-refractivity contribution in [2.75, 3.05) is 6.16 Å². The summed E-state index contributed by atoms with van der Waals surface area (Å²) in [7, 11) is -0.348. The summed E-state index contributed by atoms with van der Waals surface area (Å²) in [5, 5.41) is 2.83. The molecule has 0 saturated carbocycles. The molecule has 2 rings (SSSR count). The van der Waals surface area contributed by atoms with Crippen LogP contribution >= 0.6 is 7.92 Å². The molecule has 0 radical (unpaired) electrons. The Bertz CT molecular complexity index is 442. The van der Waals surface area contributed by atoms with Crippen LogP contribution in [0.15, 0.2) is 60.7 Å². The zero-order valence-electron chi connectivity index (χ0n) is 11.7. The summed E-state index contributed by atoms with van der Waals surface area (Å²) in [6.45, 7) is 4.41. The van der Waals surface area contributed by atoms with Crippen molar-refractivity contribution in [2.45, 2.75) is 19.9 Å². The Hall–Kier alpha value is -1.17. The molecule has 100 valence electrons. The molecule has 1 unspecified atom stereocenters. The molecule has 1 atom stereocenters. The van der Waals surface area contributed by atoms with Crippen molar-refractivity contribution in [3.8, 4) is 0 Å². The molecule has 0 fully saturated rings. The van der Waals surface area contributed by atoms with E-state index in [1.807, 2.05) is 0 Å². The lowest BCUT2D eigenvalue weighted by atomic mass is 10.1. The first-order chi connectivity index (χ1) is 9.18. The maximum absolute atomic E-state index is 6.31. The molecular weight excluding hydrogens is 249 g/mol. The van der Waals surface area contributed by atoms with E-state index in [2.05, 4.69) is 74.5 Å². The fraction of sp³-hybridized carbons (Fsp3) is 0.294. The van der Waals surface area contributed by atoms with E-state index in [-0.39, 0.29) is 14.0 Å². The van der Waals surface area contributed by atoms with Gasteiger partial charge in [0.15, 0.2) is 0 Å². The number of benzene rings is 2. The van der Waals surface area contributed by atoms with Gasteiger partial charge in [0.25, 0.3) is 0 Å². The quantitative estimate of drug-likeness (QED) is 0.831. The molecular formula is C17H22NP. The standard InChI is InChI=1S/C17H22NP/c1-14(2)17(18)13-19(15-9-5-3-6-10-15)16-11-7-4-8-12-16/h3-12,14,17H,13,18H2,1-2H3. The first kappa shape index (κ1) is 14.2. The molecule has 0 heterocycles. The maximum atomic E-state index is 6.31. The maximum Gasteiger partial charge on any atom is 0.0107 e. The molecule has 2 heteroatoms. The number of hydrogen-bond donors (Lipinski definition) is 1. The van der Waals surface area contributed by atoms with Crippen LogP contribution in [0.1, 0.15) is 13.8 Å². The van der Waals surface area contributed by atoms with E-state index in [1.165, 1.54) is 10.6 Å². The van der Waals surface area contributed by atoms with E-state index in [4.69, 9.17) is 5.73 Å². The molecule has 0 spiro atoms. The molecule has 2 N–H and O–H groups in total. The number of hydrogen-bond acceptors (Lipinski definition) is 1. The lowest BCUT2D eigenvalue weighted by Gasteiger charge is -2.24. The average Bonchev–Trinajstić information content (AvgIpc) is 2.46. The molecule has 0 saturated heterocycles. The van der Waals surface area contributed by atoms with Crippen molar-refractivity contribution in [1.82, 2.24) is 0 Å². The minimum absolute atomic E-state index is 0.256. The van der Waals surface area contributed by atoms with E-state index < -0.39 is 0 Å². The first-order valence-corrected chi connectivity index (χ1v) is 8.34. The lowest BCUT2D eigenvalue weighted by Crippen LogP contribution is -2.32. The third-order valence-corrected chi connectivity index (χ3v) is 6.02. The summed E-state index contributed by atoms with van der Waals surface area (Å²) >= 11 is 0. The molecule has 0 amide bonds. The highest BCUT2D eigenvalue weighted by molar-refractivity contribution is 7.73. The monoisotopic (exact) mass is 271 g/mol. The summed E-state index contributed by atoms with van der Waals surface area (Å²) in [5.74, 6) is 0.525. The molecule has 2 aromatic carbocycles. The van der Waals surface area contributed by atoms with Gasteiger partial charge < -0.3 is 5.73 Å². The van der Waals surface area contributed by atoms with Crippen molar-refractivity contribution in [3.05, 3.63) is 60.7 Å². The van der Waals surface area contributed by atoms with Gasteiger partial charge in [-0.3, -0.25) is 0 Å². The second-order valence-electron chi connectivity index (χ2n) is 5.19. The van der Waals surface area contributed by atoms with E-state index in [1.54, 1.807) is 0 Å². The Balaban J connectivity index is 2.29. The zero-order chi connectivity index (χ0) is 13.7. The number of rotatable bonds is 5. The minimum Gasteiger partial charge on any atom is -0.327 e. The van der Waals surface area contributed by atoms with Gasteiger partial charge in [0.2, 0.25) is 0 Å². The summed E-state index contributed by atoms with van der Waals surface area (Å²) in [6, 6.07) is 21.8. The predicted octanol–water partition coefficient (Wildman–Crippen LogP) is 3.10. The second-order valence-corrected chi connectivity index (χ2v) is 7.44. The Morgan fingerprint density at radius 1 is 0.842 bits per heavy atom. The highest BCUT2D eigenvalue weighted by atomic mass is 31.1. The Morgan fingerprint density at radius 2 is 1.26 bits per heavy atom. The SMILES string of the molecule is CC(C)C(N)CP(c1ccccc1)c1ccccc1. The van der Waals surface area contributed by atoms with Crippen LogP contribution < -0.4 is 16.3 Å². The van der Waals surface area contributed by atoms with Gasteiger partial charge in [-0.05, 0) is 30.6 Å². The highest BCUT2D eigenvalue weighted by Gasteiger charge is 2.18. The topological polar surface area (TPSA) is 26.0 Å². The van der Waals surface area contributed by atoms with Crippen molar-refractivity contribution in [3.63, 3.8) is 0 Å². The van der Waals surface area contributed by atoms with E-state index in [9.17, 15) is 0 Å². The summed E-state index contributed by atoms with van der Waals surface area (Å²) in [6.07, 6.45) is 1.06. The molecule has 0 aliphatic heterocycles. The molecule has 0 bridgehead atoms. The van der Waals surface area contributed by atoms with Gasteiger partial charge in [-0.2, -0.15) is 0 Å². The highest BCUT2D eigenvalue weighted by Crippen LogP contribution is 2.34. The Morgan fingerprint density at radius 3 is 1.63 bits per heavy atom. The summed E-state index contributed by atoms with van der Waals surface area (Å²) in [5.41, 5.74) is 6.31. The van der Waals surface area contributed by atoms with Gasteiger partial charge in [0, 0.05) is 6.04 Å². The first-order valence-electron chi connectivity index (χ1n) is 6.81. The van der Waals surface area contributed by atoms with Crippen LogP contribution in [0.4, 0.5) is 0 Å². The zero-order valence-corrected chi connectivity index (χ0v) is 12.6. The molecule has 2 aromatic rings. The predicted molar refractivity (Wildman–Crippen MR) is 86.8 cm³/mol. The van der Waals surface area contributed by atoms with E-state index in [0.29, 0.717) is 5.92 Å². The Kier molecular flexibility index (Phi) is 5.13. The van der Waals surface area contributed by atoms with Gasteiger partial charge in [-0.15, -0.1) is 0 Å². The number of nitrogens with two attached hydrogens (primary N) is 1. The van der Waals surface area contributed by atoms with Gasteiger partial charge in [-0.25, -0.2) is 0 Å². The van der Waals surface area contributed by atoms with Crippen LogP contribution in [-0.4, -0.2) is 12.2 Å².